The number of amides is 2. The average Bonchev–Trinajstić information content (AvgIpc) is 3.63. The number of carbonyl (C=O) groups excluding carboxylic acids is 2. The number of methoxy groups -OCH3 is 1. The molecule has 1 aliphatic heterocycles. The highest BCUT2D eigenvalue weighted by molar-refractivity contribution is 5.90. The number of carboxylic acid groups (broad SMARTS) is 1. The van der Waals surface area contributed by atoms with E-state index in [1.807, 2.05) is 33.8 Å². The van der Waals surface area contributed by atoms with E-state index < -0.39 is 23.8 Å². The van der Waals surface area contributed by atoms with Gasteiger partial charge in [-0.2, -0.15) is 0 Å². The molecule has 0 unspecified atom stereocenters. The summed E-state index contributed by atoms with van der Waals surface area (Å²) in [6, 6.07) is 7.05. The molecular formula is C29H42N2O8. The first-order valence-electron chi connectivity index (χ1n) is 13.4. The van der Waals surface area contributed by atoms with E-state index in [-0.39, 0.29) is 49.3 Å². The SMILES string of the molecule is CO[C@H]1[C@H](C(C)(C)OCC=C(C)C)[C@]2(CC[C@H]1OC(=O)NCc1ccc(NC(=O)CCCC(=O)O)cc1)CO2. The number of ether oxygens (including phenoxy) is 4. The molecular weight excluding hydrogens is 504 g/mol. The van der Waals surface area contributed by atoms with Crippen LogP contribution in [0.3, 0.4) is 0 Å². The van der Waals surface area contributed by atoms with Crippen molar-refractivity contribution in [3.8, 4) is 0 Å². The number of carbonyl (C=O) groups is 3. The topological polar surface area (TPSA) is 136 Å². The van der Waals surface area contributed by atoms with Crippen LogP contribution in [0, 0.1) is 5.92 Å². The first-order chi connectivity index (χ1) is 18.5. The summed E-state index contributed by atoms with van der Waals surface area (Å²) in [4.78, 5) is 35.2. The Hall–Kier alpha value is -2.95. The van der Waals surface area contributed by atoms with Crippen molar-refractivity contribution in [1.29, 1.82) is 0 Å². The highest BCUT2D eigenvalue weighted by Crippen LogP contribution is 2.52. The fourth-order valence-corrected chi connectivity index (χ4v) is 5.28. The van der Waals surface area contributed by atoms with E-state index in [0.29, 0.717) is 25.3 Å². The molecule has 10 heteroatoms. The molecule has 0 bridgehead atoms. The van der Waals surface area contributed by atoms with Gasteiger partial charge in [0.2, 0.25) is 5.91 Å². The van der Waals surface area contributed by atoms with Crippen molar-refractivity contribution < 1.29 is 38.4 Å². The summed E-state index contributed by atoms with van der Waals surface area (Å²) in [7, 11) is 1.63. The Morgan fingerprint density at radius 1 is 1.18 bits per heavy atom. The molecule has 3 rings (SSSR count). The van der Waals surface area contributed by atoms with Gasteiger partial charge in [-0.25, -0.2) is 4.79 Å². The zero-order chi connectivity index (χ0) is 28.6. The number of aliphatic carboxylic acids is 1. The van der Waals surface area contributed by atoms with E-state index in [9.17, 15) is 14.4 Å². The standard InChI is InChI=1S/C29H42N2O8/c1-19(2)14-16-37-28(3,4)26-25(36-5)22(13-15-29(26)18-38-29)39-27(35)30-17-20-9-11-21(12-10-20)31-23(32)7-6-8-24(33)34/h9-12,14,22,25-26H,6-8,13,15-18H2,1-5H3,(H,30,35)(H,31,32)(H,33,34)/t22-,25-,26-,29+/m1/s1. The van der Waals surface area contributed by atoms with Gasteiger partial charge in [0.1, 0.15) is 12.2 Å². The molecule has 0 radical (unpaired) electrons. The molecule has 2 fully saturated rings. The van der Waals surface area contributed by atoms with Gasteiger partial charge >= 0.3 is 12.1 Å². The van der Waals surface area contributed by atoms with Gasteiger partial charge in [0.15, 0.2) is 0 Å². The summed E-state index contributed by atoms with van der Waals surface area (Å²) in [5.74, 6) is -1.28. The normalized spacial score (nSPS) is 24.1. The first-order valence-corrected chi connectivity index (χ1v) is 13.4. The Kier molecular flexibility index (Phi) is 10.5. The lowest BCUT2D eigenvalue weighted by molar-refractivity contribution is -0.172. The number of anilines is 1. The number of nitrogens with one attached hydrogen (secondary N) is 2. The number of hydrogen-bond acceptors (Lipinski definition) is 7. The van der Waals surface area contributed by atoms with Gasteiger partial charge in [0.05, 0.1) is 24.4 Å². The van der Waals surface area contributed by atoms with Crippen LogP contribution < -0.4 is 10.6 Å². The molecule has 1 heterocycles. The first kappa shape index (κ1) is 30.6. The molecule has 4 atom stereocenters. The molecule has 216 valence electrons. The maximum atomic E-state index is 12.7. The van der Waals surface area contributed by atoms with Gasteiger partial charge in [-0.1, -0.05) is 23.8 Å². The van der Waals surface area contributed by atoms with Gasteiger partial charge in [-0.3, -0.25) is 9.59 Å². The zero-order valence-electron chi connectivity index (χ0n) is 23.6. The predicted molar refractivity (Wildman–Crippen MR) is 145 cm³/mol. The van der Waals surface area contributed by atoms with Crippen molar-refractivity contribution in [3.63, 3.8) is 0 Å². The van der Waals surface area contributed by atoms with E-state index in [4.69, 9.17) is 24.1 Å². The fourth-order valence-electron chi connectivity index (χ4n) is 5.28. The number of benzene rings is 1. The molecule has 1 saturated carbocycles. The lowest BCUT2D eigenvalue weighted by Crippen LogP contribution is -2.59. The lowest BCUT2D eigenvalue weighted by atomic mass is 9.68. The van der Waals surface area contributed by atoms with Crippen LogP contribution in [0.4, 0.5) is 10.5 Å². The van der Waals surface area contributed by atoms with E-state index in [1.54, 1.807) is 31.4 Å². The van der Waals surface area contributed by atoms with E-state index in [1.165, 1.54) is 5.57 Å². The number of rotatable bonds is 13. The predicted octanol–water partition coefficient (Wildman–Crippen LogP) is 4.43. The van der Waals surface area contributed by atoms with E-state index in [2.05, 4.69) is 10.6 Å². The molecule has 3 N–H and O–H groups in total. The number of allylic oxidation sites excluding steroid dienone is 1. The van der Waals surface area contributed by atoms with Crippen LogP contribution in [0.1, 0.15) is 65.4 Å². The molecule has 39 heavy (non-hydrogen) atoms. The Bertz CT molecular complexity index is 1030. The Balaban J connectivity index is 1.52. The quantitative estimate of drug-likeness (QED) is 0.244. The Labute approximate surface area is 230 Å². The maximum Gasteiger partial charge on any atom is 0.407 e. The van der Waals surface area contributed by atoms with Crippen molar-refractivity contribution in [2.75, 3.05) is 25.6 Å². The molecule has 2 amide bonds. The van der Waals surface area contributed by atoms with Gasteiger partial charge < -0.3 is 34.7 Å². The van der Waals surface area contributed by atoms with Crippen LogP contribution in [-0.4, -0.2) is 66.8 Å². The highest BCUT2D eigenvalue weighted by atomic mass is 16.6. The summed E-state index contributed by atoms with van der Waals surface area (Å²) >= 11 is 0. The molecule has 1 aromatic rings. The summed E-state index contributed by atoms with van der Waals surface area (Å²) in [5, 5.41) is 14.2. The average molecular weight is 547 g/mol. The molecule has 2 aliphatic rings. The number of epoxide rings is 1. The monoisotopic (exact) mass is 546 g/mol. The third-order valence-electron chi connectivity index (χ3n) is 7.32. The summed E-state index contributed by atoms with van der Waals surface area (Å²) in [5.41, 5.74) is 1.73. The molecule has 1 aliphatic carbocycles. The smallest absolute Gasteiger partial charge is 0.407 e. The van der Waals surface area contributed by atoms with Crippen molar-refractivity contribution in [2.24, 2.45) is 5.92 Å². The zero-order valence-corrected chi connectivity index (χ0v) is 23.6. The van der Waals surface area contributed by atoms with Gasteiger partial charge in [0, 0.05) is 38.1 Å². The Morgan fingerprint density at radius 2 is 1.87 bits per heavy atom. The Morgan fingerprint density at radius 3 is 2.46 bits per heavy atom. The van der Waals surface area contributed by atoms with Crippen molar-refractivity contribution in [1.82, 2.24) is 5.32 Å². The third kappa shape index (κ3) is 8.78. The van der Waals surface area contributed by atoms with Crippen LogP contribution >= 0.6 is 0 Å². The number of carboxylic acids is 1. The number of alkyl carbamates (subject to hydrolysis) is 1. The fraction of sp³-hybridized carbons (Fsp3) is 0.621. The summed E-state index contributed by atoms with van der Waals surface area (Å²) < 4.78 is 23.9. The van der Waals surface area contributed by atoms with Crippen LogP contribution in [0.15, 0.2) is 35.9 Å². The second kappa shape index (κ2) is 13.4. The molecule has 1 saturated heterocycles. The van der Waals surface area contributed by atoms with Gasteiger partial charge in [-0.15, -0.1) is 0 Å². The second-order valence-corrected chi connectivity index (χ2v) is 11.1. The van der Waals surface area contributed by atoms with Crippen LogP contribution in [-0.2, 0) is 35.1 Å². The minimum absolute atomic E-state index is 0.0444. The van der Waals surface area contributed by atoms with Crippen LogP contribution in [0.2, 0.25) is 0 Å². The lowest BCUT2D eigenvalue weighted by Gasteiger charge is -2.47. The largest absolute Gasteiger partial charge is 0.481 e. The minimum atomic E-state index is -0.923. The molecule has 10 nitrogen and oxygen atoms in total. The second-order valence-electron chi connectivity index (χ2n) is 11.1. The van der Waals surface area contributed by atoms with Crippen molar-refractivity contribution >= 4 is 23.7 Å². The van der Waals surface area contributed by atoms with Crippen LogP contribution in [0.25, 0.3) is 0 Å². The minimum Gasteiger partial charge on any atom is -0.481 e. The summed E-state index contributed by atoms with van der Waals surface area (Å²) in [6.45, 7) is 9.52. The maximum absolute atomic E-state index is 12.7. The third-order valence-corrected chi connectivity index (χ3v) is 7.32. The van der Waals surface area contributed by atoms with Crippen LogP contribution in [0.5, 0.6) is 0 Å². The molecule has 1 spiro atoms. The van der Waals surface area contributed by atoms with Gasteiger partial charge in [-0.05, 0) is 64.7 Å². The number of hydrogen-bond donors (Lipinski definition) is 3. The summed E-state index contributed by atoms with van der Waals surface area (Å²) in [6.07, 6.45) is 2.44. The van der Waals surface area contributed by atoms with Gasteiger partial charge in [0.25, 0.3) is 0 Å². The van der Waals surface area contributed by atoms with Crippen molar-refractivity contribution in [3.05, 3.63) is 41.5 Å². The van der Waals surface area contributed by atoms with E-state index in [0.717, 1.165) is 12.0 Å². The van der Waals surface area contributed by atoms with E-state index >= 15 is 0 Å². The molecule has 0 aromatic heterocycles. The molecule has 1 aromatic carbocycles. The van der Waals surface area contributed by atoms with Crippen molar-refractivity contribution in [2.45, 2.75) is 89.8 Å². The highest BCUT2D eigenvalue weighted by Gasteiger charge is 2.64.